The van der Waals surface area contributed by atoms with Gasteiger partial charge in [-0.15, -0.1) is 11.3 Å². The van der Waals surface area contributed by atoms with E-state index in [1.807, 2.05) is 4.72 Å². The highest BCUT2D eigenvalue weighted by Crippen LogP contribution is 2.30. The van der Waals surface area contributed by atoms with Gasteiger partial charge in [0.2, 0.25) is 10.0 Å². The number of carboxylic acid groups (broad SMARTS) is 1. The van der Waals surface area contributed by atoms with Crippen LogP contribution in [0.3, 0.4) is 0 Å². The van der Waals surface area contributed by atoms with Crippen LogP contribution >= 0.6 is 11.3 Å². The van der Waals surface area contributed by atoms with Gasteiger partial charge in [0.25, 0.3) is 0 Å². The molecule has 0 amide bonds. The van der Waals surface area contributed by atoms with Crippen molar-refractivity contribution in [3.63, 3.8) is 0 Å². The monoisotopic (exact) mass is 289 g/mol. The number of nitrogens with one attached hydrogen (secondary N) is 1. The second kappa shape index (κ2) is 4.21. The number of rotatable bonds is 3. The third-order valence-corrected chi connectivity index (χ3v) is 3.79. The van der Waals surface area contributed by atoms with Crippen LogP contribution in [0.5, 0.6) is 0 Å². The third kappa shape index (κ3) is 2.59. The second-order valence-corrected chi connectivity index (χ2v) is 6.49. The molecule has 0 aliphatic carbocycles. The number of fused-ring (bicyclic) bond motifs is 1. The number of halogens is 1. The van der Waals surface area contributed by atoms with Gasteiger partial charge in [0.05, 0.1) is 11.9 Å². The van der Waals surface area contributed by atoms with Crippen molar-refractivity contribution >= 4 is 43.1 Å². The molecule has 0 atom stereocenters. The summed E-state index contributed by atoms with van der Waals surface area (Å²) in [5.74, 6) is -1.85. The van der Waals surface area contributed by atoms with E-state index < -0.39 is 21.8 Å². The molecular formula is C10H8FNO4S2. The zero-order valence-electron chi connectivity index (χ0n) is 9.10. The number of benzene rings is 1. The van der Waals surface area contributed by atoms with Crippen molar-refractivity contribution in [2.24, 2.45) is 0 Å². The predicted molar refractivity (Wildman–Crippen MR) is 67.2 cm³/mol. The molecule has 2 rings (SSSR count). The molecule has 0 unspecified atom stereocenters. The van der Waals surface area contributed by atoms with Gasteiger partial charge in [0.1, 0.15) is 10.7 Å². The molecule has 5 nitrogen and oxygen atoms in total. The molecule has 1 aromatic carbocycles. The minimum atomic E-state index is -3.58. The molecule has 2 N–H and O–H groups in total. The molecule has 0 aliphatic rings. The minimum absolute atomic E-state index is 0.0703. The van der Waals surface area contributed by atoms with Crippen LogP contribution in [0, 0.1) is 5.82 Å². The van der Waals surface area contributed by atoms with E-state index in [-0.39, 0.29) is 10.6 Å². The summed E-state index contributed by atoms with van der Waals surface area (Å²) in [5, 5.41) is 9.29. The Morgan fingerprint density at radius 2 is 2.06 bits per heavy atom. The quantitative estimate of drug-likeness (QED) is 0.906. The smallest absolute Gasteiger partial charge is 0.345 e. The van der Waals surface area contributed by atoms with E-state index in [0.29, 0.717) is 10.1 Å². The first-order chi connectivity index (χ1) is 8.26. The maximum atomic E-state index is 13.6. The van der Waals surface area contributed by atoms with Gasteiger partial charge in [0.15, 0.2) is 0 Å². The molecule has 2 aromatic rings. The van der Waals surface area contributed by atoms with Crippen molar-refractivity contribution in [1.82, 2.24) is 0 Å². The van der Waals surface area contributed by atoms with Crippen LogP contribution in [-0.2, 0) is 10.0 Å². The number of anilines is 1. The molecule has 0 spiro atoms. The first-order valence-corrected chi connectivity index (χ1v) is 7.41. The summed E-state index contributed by atoms with van der Waals surface area (Å²) in [4.78, 5) is 10.8. The maximum absolute atomic E-state index is 13.6. The van der Waals surface area contributed by atoms with Gasteiger partial charge in [-0.1, -0.05) is 0 Å². The van der Waals surface area contributed by atoms with Crippen molar-refractivity contribution in [3.05, 3.63) is 28.9 Å². The average Bonchev–Trinajstić information content (AvgIpc) is 2.59. The number of thiophene rings is 1. The normalized spacial score (nSPS) is 11.7. The summed E-state index contributed by atoms with van der Waals surface area (Å²) in [6, 6.07) is 3.75. The number of hydrogen-bond acceptors (Lipinski definition) is 4. The lowest BCUT2D eigenvalue weighted by Gasteiger charge is -2.04. The number of sulfonamides is 1. The summed E-state index contributed by atoms with van der Waals surface area (Å²) >= 11 is 0.929. The zero-order chi connectivity index (χ0) is 13.5. The van der Waals surface area contributed by atoms with Crippen LogP contribution in [-0.4, -0.2) is 25.7 Å². The van der Waals surface area contributed by atoms with Gasteiger partial charge in [-0.3, -0.25) is 4.72 Å². The van der Waals surface area contributed by atoms with E-state index in [9.17, 15) is 17.6 Å². The summed E-state index contributed by atoms with van der Waals surface area (Å²) in [7, 11) is -3.58. The van der Waals surface area contributed by atoms with Gasteiger partial charge in [-0.05, 0) is 23.6 Å². The van der Waals surface area contributed by atoms with E-state index in [1.165, 1.54) is 12.1 Å². The van der Waals surface area contributed by atoms with Gasteiger partial charge >= 0.3 is 5.97 Å². The Balaban J connectivity index is 2.57. The molecule has 0 aliphatic heterocycles. The van der Waals surface area contributed by atoms with E-state index >= 15 is 0 Å². The standard InChI is InChI=1S/C10H8FNO4S2/c1-18(15,16)12-7-2-5-3-9(10(13)14)17-8(5)4-6(7)11/h2-4,12H,1H3,(H,13,14). The fraction of sp³-hybridized carbons (Fsp3) is 0.100. The van der Waals surface area contributed by atoms with E-state index in [0.717, 1.165) is 23.7 Å². The zero-order valence-corrected chi connectivity index (χ0v) is 10.7. The number of aromatic carboxylic acids is 1. The summed E-state index contributed by atoms with van der Waals surface area (Å²) in [5.41, 5.74) is -0.195. The van der Waals surface area contributed by atoms with Crippen molar-refractivity contribution in [1.29, 1.82) is 0 Å². The Hall–Kier alpha value is -1.67. The van der Waals surface area contributed by atoms with Crippen LogP contribution in [0.2, 0.25) is 0 Å². The van der Waals surface area contributed by atoms with Crippen LogP contribution in [0.25, 0.3) is 10.1 Å². The molecule has 96 valence electrons. The summed E-state index contributed by atoms with van der Waals surface area (Å²) < 4.78 is 38.1. The molecule has 18 heavy (non-hydrogen) atoms. The molecule has 0 saturated heterocycles. The molecule has 0 bridgehead atoms. The first kappa shape index (κ1) is 12.8. The predicted octanol–water partition coefficient (Wildman–Crippen LogP) is 2.11. The number of carbonyl (C=O) groups is 1. The van der Waals surface area contributed by atoms with Crippen molar-refractivity contribution < 1.29 is 22.7 Å². The number of carboxylic acids is 1. The lowest BCUT2D eigenvalue weighted by Crippen LogP contribution is -2.10. The van der Waals surface area contributed by atoms with Gasteiger partial charge in [0, 0.05) is 4.70 Å². The van der Waals surface area contributed by atoms with E-state index in [4.69, 9.17) is 5.11 Å². The highest BCUT2D eigenvalue weighted by atomic mass is 32.2. The second-order valence-electron chi connectivity index (χ2n) is 3.66. The highest BCUT2D eigenvalue weighted by Gasteiger charge is 2.13. The summed E-state index contributed by atoms with van der Waals surface area (Å²) in [6.07, 6.45) is 0.910. The molecule has 1 aromatic heterocycles. The SMILES string of the molecule is CS(=O)(=O)Nc1cc2cc(C(=O)O)sc2cc1F. The average molecular weight is 289 g/mol. The number of hydrogen-bond donors (Lipinski definition) is 2. The molecule has 0 saturated carbocycles. The van der Waals surface area contributed by atoms with Gasteiger partial charge in [-0.2, -0.15) is 0 Å². The largest absolute Gasteiger partial charge is 0.477 e. The third-order valence-electron chi connectivity index (χ3n) is 2.11. The molecular weight excluding hydrogens is 281 g/mol. The van der Waals surface area contributed by atoms with E-state index in [1.54, 1.807) is 0 Å². The summed E-state index contributed by atoms with van der Waals surface area (Å²) in [6.45, 7) is 0. The Morgan fingerprint density at radius 1 is 1.39 bits per heavy atom. The van der Waals surface area contributed by atoms with Crippen LogP contribution in [0.1, 0.15) is 9.67 Å². The maximum Gasteiger partial charge on any atom is 0.345 e. The topological polar surface area (TPSA) is 83.5 Å². The van der Waals surface area contributed by atoms with Crippen molar-refractivity contribution in [2.45, 2.75) is 0 Å². The Kier molecular flexibility index (Phi) is 2.99. The molecule has 0 radical (unpaired) electrons. The Bertz CT molecular complexity index is 736. The molecule has 8 heteroatoms. The van der Waals surface area contributed by atoms with Crippen molar-refractivity contribution in [2.75, 3.05) is 11.0 Å². The van der Waals surface area contributed by atoms with Gasteiger partial charge in [-0.25, -0.2) is 17.6 Å². The minimum Gasteiger partial charge on any atom is -0.477 e. The fourth-order valence-electron chi connectivity index (χ4n) is 1.45. The molecule has 0 fully saturated rings. The van der Waals surface area contributed by atoms with Gasteiger partial charge < -0.3 is 5.11 Å². The van der Waals surface area contributed by atoms with Crippen molar-refractivity contribution in [3.8, 4) is 0 Å². The lowest BCUT2D eigenvalue weighted by atomic mass is 10.2. The highest BCUT2D eigenvalue weighted by molar-refractivity contribution is 7.92. The van der Waals surface area contributed by atoms with Crippen LogP contribution in [0.4, 0.5) is 10.1 Å². The Morgan fingerprint density at radius 3 is 2.61 bits per heavy atom. The van der Waals surface area contributed by atoms with E-state index in [2.05, 4.69) is 0 Å². The molecule has 1 heterocycles. The van der Waals surface area contributed by atoms with Crippen LogP contribution in [0.15, 0.2) is 18.2 Å². The Labute approximate surface area is 106 Å². The fourth-order valence-corrected chi connectivity index (χ4v) is 2.91. The lowest BCUT2D eigenvalue weighted by molar-refractivity contribution is 0.0702. The first-order valence-electron chi connectivity index (χ1n) is 4.70. The van der Waals surface area contributed by atoms with Crippen LogP contribution < -0.4 is 4.72 Å².